The van der Waals surface area contributed by atoms with Crippen molar-refractivity contribution >= 4 is 23.1 Å². The lowest BCUT2D eigenvalue weighted by Crippen LogP contribution is -2.19. The van der Waals surface area contributed by atoms with Crippen LogP contribution in [0.3, 0.4) is 0 Å². The topological polar surface area (TPSA) is 55.0 Å². The van der Waals surface area contributed by atoms with E-state index < -0.39 is 0 Å². The third-order valence-electron chi connectivity index (χ3n) is 1.92. The molecular weight excluding hydrogens is 188 g/mol. The summed E-state index contributed by atoms with van der Waals surface area (Å²) < 4.78 is 0. The average Bonchev–Trinajstić information content (AvgIpc) is 2.10. The second kappa shape index (κ2) is 3.79. The standard InChI is InChI=1S/C8H13ClN4/c1-4-13(3)7-6(10)5(2)11-8(9)12-7/h4,10H2,1-3H3. The molecular formula is C8H13ClN4. The van der Waals surface area contributed by atoms with Crippen molar-refractivity contribution in [3.05, 3.63) is 11.0 Å². The fraction of sp³-hybridized carbons (Fsp3) is 0.500. The number of aromatic nitrogens is 2. The number of anilines is 2. The first kappa shape index (κ1) is 10.1. The molecule has 0 saturated carbocycles. The normalized spacial score (nSPS) is 10.2. The zero-order valence-electron chi connectivity index (χ0n) is 8.00. The summed E-state index contributed by atoms with van der Waals surface area (Å²) >= 11 is 5.72. The first-order valence-corrected chi connectivity index (χ1v) is 4.44. The Morgan fingerprint density at radius 1 is 1.46 bits per heavy atom. The third-order valence-corrected chi connectivity index (χ3v) is 2.09. The largest absolute Gasteiger partial charge is 0.394 e. The molecule has 4 nitrogen and oxygen atoms in total. The van der Waals surface area contributed by atoms with Crippen molar-refractivity contribution in [2.45, 2.75) is 13.8 Å². The second-order valence-electron chi connectivity index (χ2n) is 2.83. The predicted molar refractivity (Wildman–Crippen MR) is 55.1 cm³/mol. The van der Waals surface area contributed by atoms with Crippen LogP contribution in [-0.2, 0) is 0 Å². The number of nitrogens with zero attached hydrogens (tertiary/aromatic N) is 3. The van der Waals surface area contributed by atoms with Crippen molar-refractivity contribution < 1.29 is 0 Å². The van der Waals surface area contributed by atoms with E-state index in [0.29, 0.717) is 11.5 Å². The fourth-order valence-corrected chi connectivity index (χ4v) is 1.18. The SMILES string of the molecule is CCN(C)c1nc(Cl)nc(C)c1N. The van der Waals surface area contributed by atoms with Crippen LogP contribution < -0.4 is 10.6 Å². The maximum Gasteiger partial charge on any atom is 0.224 e. The van der Waals surface area contributed by atoms with E-state index in [1.54, 1.807) is 0 Å². The summed E-state index contributed by atoms with van der Waals surface area (Å²) in [4.78, 5) is 9.94. The van der Waals surface area contributed by atoms with Crippen molar-refractivity contribution in [3.63, 3.8) is 0 Å². The number of hydrogen-bond donors (Lipinski definition) is 1. The Kier molecular flexibility index (Phi) is 2.93. The average molecular weight is 201 g/mol. The summed E-state index contributed by atoms with van der Waals surface area (Å²) in [5.41, 5.74) is 7.11. The van der Waals surface area contributed by atoms with E-state index in [-0.39, 0.29) is 5.28 Å². The van der Waals surface area contributed by atoms with E-state index in [1.807, 2.05) is 25.8 Å². The summed E-state index contributed by atoms with van der Waals surface area (Å²) in [7, 11) is 1.91. The molecule has 0 radical (unpaired) electrons. The zero-order chi connectivity index (χ0) is 10.0. The minimum Gasteiger partial charge on any atom is -0.394 e. The lowest BCUT2D eigenvalue weighted by atomic mass is 10.3. The van der Waals surface area contributed by atoms with Crippen molar-refractivity contribution in [1.29, 1.82) is 0 Å². The van der Waals surface area contributed by atoms with E-state index in [0.717, 1.165) is 12.2 Å². The van der Waals surface area contributed by atoms with Crippen LogP contribution in [0.25, 0.3) is 0 Å². The Labute approximate surface area is 82.7 Å². The van der Waals surface area contributed by atoms with Gasteiger partial charge in [0.05, 0.1) is 11.4 Å². The zero-order valence-corrected chi connectivity index (χ0v) is 8.76. The highest BCUT2D eigenvalue weighted by Gasteiger charge is 2.10. The quantitative estimate of drug-likeness (QED) is 0.735. The molecule has 0 aliphatic heterocycles. The monoisotopic (exact) mass is 200 g/mol. The minimum atomic E-state index is 0.238. The van der Waals surface area contributed by atoms with E-state index in [1.165, 1.54) is 0 Å². The van der Waals surface area contributed by atoms with Crippen LogP contribution >= 0.6 is 11.6 Å². The molecule has 0 fully saturated rings. The van der Waals surface area contributed by atoms with Gasteiger partial charge < -0.3 is 10.6 Å². The first-order chi connectivity index (χ1) is 6.06. The number of nitrogens with two attached hydrogens (primary N) is 1. The smallest absolute Gasteiger partial charge is 0.224 e. The van der Waals surface area contributed by atoms with Gasteiger partial charge in [-0.3, -0.25) is 0 Å². The minimum absolute atomic E-state index is 0.238. The second-order valence-corrected chi connectivity index (χ2v) is 3.17. The van der Waals surface area contributed by atoms with Gasteiger partial charge in [0.1, 0.15) is 0 Å². The molecule has 0 atom stereocenters. The molecule has 72 valence electrons. The molecule has 2 N–H and O–H groups in total. The van der Waals surface area contributed by atoms with Crippen LogP contribution in [0, 0.1) is 6.92 Å². The van der Waals surface area contributed by atoms with Crippen molar-refractivity contribution in [2.24, 2.45) is 0 Å². The fourth-order valence-electron chi connectivity index (χ4n) is 0.974. The van der Waals surface area contributed by atoms with Gasteiger partial charge in [-0.25, -0.2) is 4.98 Å². The van der Waals surface area contributed by atoms with E-state index in [4.69, 9.17) is 17.3 Å². The molecule has 1 aromatic rings. The maximum absolute atomic E-state index is 5.80. The predicted octanol–water partition coefficient (Wildman–Crippen LogP) is 1.48. The van der Waals surface area contributed by atoms with Gasteiger partial charge >= 0.3 is 0 Å². The molecule has 0 aliphatic rings. The Balaban J connectivity index is 3.20. The summed E-state index contributed by atoms with van der Waals surface area (Å²) in [6.45, 7) is 4.66. The highest BCUT2D eigenvalue weighted by Crippen LogP contribution is 2.23. The van der Waals surface area contributed by atoms with Gasteiger partial charge in [-0.2, -0.15) is 4.98 Å². The number of rotatable bonds is 2. The molecule has 0 unspecified atom stereocenters. The molecule has 13 heavy (non-hydrogen) atoms. The number of nitrogen functional groups attached to an aromatic ring is 1. The van der Waals surface area contributed by atoms with Crippen molar-refractivity contribution in [3.8, 4) is 0 Å². The van der Waals surface area contributed by atoms with Crippen LogP contribution in [0.4, 0.5) is 11.5 Å². The Morgan fingerprint density at radius 3 is 2.62 bits per heavy atom. The van der Waals surface area contributed by atoms with Crippen LogP contribution in [0.1, 0.15) is 12.6 Å². The van der Waals surface area contributed by atoms with Gasteiger partial charge in [0, 0.05) is 13.6 Å². The molecule has 1 rings (SSSR count). The van der Waals surface area contributed by atoms with E-state index >= 15 is 0 Å². The molecule has 0 spiro atoms. The summed E-state index contributed by atoms with van der Waals surface area (Å²) in [6.07, 6.45) is 0. The molecule has 1 aromatic heterocycles. The van der Waals surface area contributed by atoms with E-state index in [9.17, 15) is 0 Å². The molecule has 0 bridgehead atoms. The van der Waals surface area contributed by atoms with Crippen LogP contribution in [-0.4, -0.2) is 23.6 Å². The van der Waals surface area contributed by atoms with Crippen molar-refractivity contribution in [2.75, 3.05) is 24.2 Å². The molecule has 1 heterocycles. The molecule has 0 amide bonds. The van der Waals surface area contributed by atoms with Gasteiger partial charge in [-0.1, -0.05) is 0 Å². The van der Waals surface area contributed by atoms with Gasteiger partial charge in [0.25, 0.3) is 0 Å². The summed E-state index contributed by atoms with van der Waals surface area (Å²) in [5.74, 6) is 0.694. The summed E-state index contributed by atoms with van der Waals surface area (Å²) in [6, 6.07) is 0. The summed E-state index contributed by atoms with van der Waals surface area (Å²) in [5, 5.41) is 0.238. The third kappa shape index (κ3) is 2.01. The molecule has 0 aromatic carbocycles. The Morgan fingerprint density at radius 2 is 2.08 bits per heavy atom. The lowest BCUT2D eigenvalue weighted by Gasteiger charge is -2.18. The van der Waals surface area contributed by atoms with Crippen LogP contribution in [0.2, 0.25) is 5.28 Å². The number of hydrogen-bond acceptors (Lipinski definition) is 4. The van der Waals surface area contributed by atoms with Gasteiger partial charge in [-0.15, -0.1) is 0 Å². The van der Waals surface area contributed by atoms with Gasteiger partial charge in [-0.05, 0) is 25.4 Å². The highest BCUT2D eigenvalue weighted by atomic mass is 35.5. The number of aryl methyl sites for hydroxylation is 1. The lowest BCUT2D eigenvalue weighted by molar-refractivity contribution is 0.926. The van der Waals surface area contributed by atoms with Gasteiger partial charge in [0.15, 0.2) is 5.82 Å². The van der Waals surface area contributed by atoms with E-state index in [2.05, 4.69) is 9.97 Å². The first-order valence-electron chi connectivity index (χ1n) is 4.07. The molecule has 0 saturated heterocycles. The molecule has 0 aliphatic carbocycles. The van der Waals surface area contributed by atoms with Crippen LogP contribution in [0.5, 0.6) is 0 Å². The van der Waals surface area contributed by atoms with Crippen LogP contribution in [0.15, 0.2) is 0 Å². The van der Waals surface area contributed by atoms with Crippen molar-refractivity contribution in [1.82, 2.24) is 9.97 Å². The Bertz CT molecular complexity index is 313. The Hall–Kier alpha value is -1.03. The molecule has 5 heteroatoms. The highest BCUT2D eigenvalue weighted by molar-refractivity contribution is 6.28. The maximum atomic E-state index is 5.80. The van der Waals surface area contributed by atoms with Gasteiger partial charge in [0.2, 0.25) is 5.28 Å². The number of halogens is 1.